The molecular formula is C9H15N3O. The lowest BCUT2D eigenvalue weighted by Crippen LogP contribution is -2.29. The quantitative estimate of drug-likeness (QED) is 0.646. The molecule has 0 unspecified atom stereocenters. The Morgan fingerprint density at radius 2 is 2.31 bits per heavy atom. The second kappa shape index (κ2) is 3.62. The van der Waals surface area contributed by atoms with Gasteiger partial charge in [-0.2, -0.15) is 0 Å². The number of nitrogens with one attached hydrogen (secondary N) is 1. The van der Waals surface area contributed by atoms with Gasteiger partial charge in [-0.05, 0) is 26.0 Å². The number of rotatable bonds is 3. The predicted molar refractivity (Wildman–Crippen MR) is 53.4 cm³/mol. The fraction of sp³-hybridized carbons (Fsp3) is 0.444. The van der Waals surface area contributed by atoms with Crippen molar-refractivity contribution in [3.63, 3.8) is 0 Å². The summed E-state index contributed by atoms with van der Waals surface area (Å²) in [5.41, 5.74) is 5.47. The number of hydrogen-bond acceptors (Lipinski definition) is 4. The Morgan fingerprint density at radius 1 is 1.62 bits per heavy atom. The zero-order valence-corrected chi connectivity index (χ0v) is 7.91. The average molecular weight is 181 g/mol. The van der Waals surface area contributed by atoms with Crippen molar-refractivity contribution in [2.75, 3.05) is 17.6 Å². The van der Waals surface area contributed by atoms with Crippen molar-refractivity contribution in [3.8, 4) is 0 Å². The maximum atomic E-state index is 9.44. The van der Waals surface area contributed by atoms with Gasteiger partial charge in [0.05, 0.1) is 11.3 Å². The second-order valence-corrected chi connectivity index (χ2v) is 3.61. The van der Waals surface area contributed by atoms with Crippen molar-refractivity contribution in [3.05, 3.63) is 18.3 Å². The lowest BCUT2D eigenvalue weighted by Gasteiger charge is -2.18. The summed E-state index contributed by atoms with van der Waals surface area (Å²) in [6.07, 6.45) is 1.66. The number of aromatic nitrogens is 1. The largest absolute Gasteiger partial charge is 0.396 e. The fourth-order valence-corrected chi connectivity index (χ4v) is 0.865. The molecule has 0 saturated heterocycles. The molecule has 72 valence electrons. The fourth-order valence-electron chi connectivity index (χ4n) is 0.865. The van der Waals surface area contributed by atoms with Crippen molar-refractivity contribution in [2.45, 2.75) is 19.4 Å². The lowest BCUT2D eigenvalue weighted by atomic mass is 10.1. The molecule has 0 aliphatic heterocycles. The molecule has 0 aromatic carbocycles. The number of aliphatic hydroxyl groups is 1. The van der Waals surface area contributed by atoms with E-state index in [1.807, 2.05) is 0 Å². The van der Waals surface area contributed by atoms with E-state index in [9.17, 15) is 5.11 Å². The topological polar surface area (TPSA) is 71.2 Å². The molecular weight excluding hydrogens is 166 g/mol. The summed E-state index contributed by atoms with van der Waals surface area (Å²) in [5, 5.41) is 12.4. The minimum Gasteiger partial charge on any atom is -0.396 e. The normalized spacial score (nSPS) is 11.3. The van der Waals surface area contributed by atoms with E-state index in [1.165, 1.54) is 0 Å². The Kier molecular flexibility index (Phi) is 2.72. The first kappa shape index (κ1) is 9.80. The van der Waals surface area contributed by atoms with Gasteiger partial charge in [0.2, 0.25) is 0 Å². The first-order chi connectivity index (χ1) is 5.99. The van der Waals surface area contributed by atoms with E-state index in [1.54, 1.807) is 32.2 Å². The highest BCUT2D eigenvalue weighted by molar-refractivity contribution is 5.60. The van der Waals surface area contributed by atoms with Gasteiger partial charge in [0.1, 0.15) is 5.82 Å². The van der Waals surface area contributed by atoms with Crippen molar-refractivity contribution in [2.24, 2.45) is 0 Å². The van der Waals surface area contributed by atoms with Crippen molar-refractivity contribution in [1.29, 1.82) is 0 Å². The Bertz CT molecular complexity index is 280. The molecule has 1 aromatic heterocycles. The molecule has 0 radical (unpaired) electrons. The van der Waals surface area contributed by atoms with E-state index in [0.717, 1.165) is 0 Å². The first-order valence-electron chi connectivity index (χ1n) is 4.16. The Labute approximate surface area is 77.8 Å². The van der Waals surface area contributed by atoms with Crippen LogP contribution in [0.15, 0.2) is 18.3 Å². The van der Waals surface area contributed by atoms with Crippen molar-refractivity contribution in [1.82, 2.24) is 4.98 Å². The van der Waals surface area contributed by atoms with Crippen LogP contribution in [0.4, 0.5) is 11.5 Å². The van der Waals surface area contributed by atoms with Crippen LogP contribution in [0.1, 0.15) is 13.8 Å². The third-order valence-corrected chi connectivity index (χ3v) is 1.53. The Balaban J connectivity index is 2.60. The second-order valence-electron chi connectivity index (χ2n) is 3.61. The highest BCUT2D eigenvalue weighted by Gasteiger charge is 2.12. The summed E-state index contributed by atoms with van der Waals surface area (Å²) in [7, 11) is 0. The summed E-state index contributed by atoms with van der Waals surface area (Å²) >= 11 is 0. The van der Waals surface area contributed by atoms with E-state index >= 15 is 0 Å². The minimum atomic E-state index is -0.760. The van der Waals surface area contributed by atoms with Crippen LogP contribution in [-0.4, -0.2) is 22.2 Å². The molecule has 1 rings (SSSR count). The number of nitrogens with two attached hydrogens (primary N) is 1. The van der Waals surface area contributed by atoms with Crippen LogP contribution in [-0.2, 0) is 0 Å². The molecule has 0 aliphatic rings. The van der Waals surface area contributed by atoms with E-state index in [-0.39, 0.29) is 0 Å². The van der Waals surface area contributed by atoms with Gasteiger partial charge >= 0.3 is 0 Å². The van der Waals surface area contributed by atoms with Crippen LogP contribution >= 0.6 is 0 Å². The van der Waals surface area contributed by atoms with E-state index < -0.39 is 5.60 Å². The van der Waals surface area contributed by atoms with Gasteiger partial charge in [0, 0.05) is 12.7 Å². The molecule has 4 heteroatoms. The first-order valence-corrected chi connectivity index (χ1v) is 4.16. The predicted octanol–water partition coefficient (Wildman–Crippen LogP) is 0.847. The van der Waals surface area contributed by atoms with E-state index in [4.69, 9.17) is 5.73 Å². The molecule has 4 N–H and O–H groups in total. The van der Waals surface area contributed by atoms with Gasteiger partial charge in [-0.1, -0.05) is 0 Å². The molecule has 0 amide bonds. The summed E-state index contributed by atoms with van der Waals surface area (Å²) in [6, 6.07) is 3.53. The van der Waals surface area contributed by atoms with E-state index in [2.05, 4.69) is 10.3 Å². The molecule has 0 atom stereocenters. The lowest BCUT2D eigenvalue weighted by molar-refractivity contribution is 0.0944. The van der Waals surface area contributed by atoms with Crippen LogP contribution in [0.5, 0.6) is 0 Å². The highest BCUT2D eigenvalue weighted by Crippen LogP contribution is 2.13. The Morgan fingerprint density at radius 3 is 2.85 bits per heavy atom. The van der Waals surface area contributed by atoms with E-state index in [0.29, 0.717) is 18.1 Å². The van der Waals surface area contributed by atoms with Gasteiger partial charge in [-0.3, -0.25) is 0 Å². The van der Waals surface area contributed by atoms with Gasteiger partial charge in [-0.25, -0.2) is 4.98 Å². The molecule has 0 bridgehead atoms. The smallest absolute Gasteiger partial charge is 0.149 e. The molecule has 13 heavy (non-hydrogen) atoms. The maximum absolute atomic E-state index is 9.44. The summed E-state index contributed by atoms with van der Waals surface area (Å²) in [4.78, 5) is 4.03. The van der Waals surface area contributed by atoms with Crippen LogP contribution in [0.3, 0.4) is 0 Å². The van der Waals surface area contributed by atoms with Crippen molar-refractivity contribution < 1.29 is 5.11 Å². The van der Waals surface area contributed by atoms with Gasteiger partial charge < -0.3 is 16.2 Å². The SMILES string of the molecule is CC(C)(O)CNc1ncccc1N. The molecule has 1 heterocycles. The third kappa shape index (κ3) is 3.29. The van der Waals surface area contributed by atoms with Gasteiger partial charge in [0.25, 0.3) is 0 Å². The molecule has 0 saturated carbocycles. The number of hydrogen-bond donors (Lipinski definition) is 3. The minimum absolute atomic E-state index is 0.425. The average Bonchev–Trinajstić information content (AvgIpc) is 2.01. The summed E-state index contributed by atoms with van der Waals surface area (Å²) < 4.78 is 0. The zero-order valence-electron chi connectivity index (χ0n) is 7.91. The molecule has 4 nitrogen and oxygen atoms in total. The molecule has 0 spiro atoms. The maximum Gasteiger partial charge on any atom is 0.149 e. The third-order valence-electron chi connectivity index (χ3n) is 1.53. The van der Waals surface area contributed by atoms with Crippen LogP contribution in [0, 0.1) is 0 Å². The molecule has 1 aromatic rings. The zero-order chi connectivity index (χ0) is 9.90. The number of pyridine rings is 1. The van der Waals surface area contributed by atoms with Crippen LogP contribution in [0.25, 0.3) is 0 Å². The summed E-state index contributed by atoms with van der Waals surface area (Å²) in [5.74, 6) is 0.615. The monoisotopic (exact) mass is 181 g/mol. The van der Waals surface area contributed by atoms with Crippen LogP contribution < -0.4 is 11.1 Å². The summed E-state index contributed by atoms with van der Waals surface area (Å²) in [6.45, 7) is 3.87. The van der Waals surface area contributed by atoms with Crippen LogP contribution in [0.2, 0.25) is 0 Å². The van der Waals surface area contributed by atoms with Crippen molar-refractivity contribution >= 4 is 11.5 Å². The number of nitrogen functional groups attached to an aromatic ring is 1. The number of anilines is 2. The molecule has 0 aliphatic carbocycles. The highest BCUT2D eigenvalue weighted by atomic mass is 16.3. The standard InChI is InChI=1S/C9H15N3O/c1-9(2,13)6-12-8-7(10)4-3-5-11-8/h3-5,13H,6,10H2,1-2H3,(H,11,12). The Hall–Kier alpha value is -1.29. The van der Waals surface area contributed by atoms with Gasteiger partial charge in [0.15, 0.2) is 0 Å². The molecule has 0 fully saturated rings. The number of nitrogens with zero attached hydrogens (tertiary/aromatic N) is 1. The van der Waals surface area contributed by atoms with Gasteiger partial charge in [-0.15, -0.1) is 0 Å².